The molecule has 1 aliphatic heterocycles. The van der Waals surface area contributed by atoms with E-state index >= 15 is 0 Å². The fraction of sp³-hybridized carbons (Fsp3) is 0.333. The van der Waals surface area contributed by atoms with Crippen molar-refractivity contribution in [2.75, 3.05) is 7.11 Å². The third-order valence-electron chi connectivity index (χ3n) is 2.77. The molecule has 1 aromatic rings. The molecule has 0 bridgehead atoms. The highest BCUT2D eigenvalue weighted by Crippen LogP contribution is 2.26. The summed E-state index contributed by atoms with van der Waals surface area (Å²) < 4.78 is 4.72. The molecule has 4 heteroatoms. The summed E-state index contributed by atoms with van der Waals surface area (Å²) in [6.07, 6.45) is 0.681. The summed E-state index contributed by atoms with van der Waals surface area (Å²) in [7, 11) is 1.33. The molecule has 1 amide bonds. The molecule has 1 saturated heterocycles. The number of carbonyl (C=O) groups excluding carboxylic acids is 2. The zero-order valence-electron chi connectivity index (χ0n) is 9.03. The molecule has 84 valence electrons. The minimum Gasteiger partial charge on any atom is -0.467 e. The molecule has 16 heavy (non-hydrogen) atoms. The van der Waals surface area contributed by atoms with Crippen LogP contribution in [0, 0.1) is 0 Å². The molecule has 0 saturated carbocycles. The van der Waals surface area contributed by atoms with Gasteiger partial charge in [0.1, 0.15) is 0 Å². The van der Waals surface area contributed by atoms with E-state index in [1.54, 1.807) is 0 Å². The number of methoxy groups -OCH3 is 1. The van der Waals surface area contributed by atoms with Crippen molar-refractivity contribution in [3.63, 3.8) is 0 Å². The third kappa shape index (κ3) is 1.78. The molecular weight excluding hydrogens is 206 g/mol. The first-order chi connectivity index (χ1) is 7.66. The van der Waals surface area contributed by atoms with Crippen LogP contribution in [0.3, 0.4) is 0 Å². The van der Waals surface area contributed by atoms with E-state index in [0.29, 0.717) is 6.42 Å². The van der Waals surface area contributed by atoms with E-state index in [1.807, 2.05) is 30.3 Å². The molecule has 1 fully saturated rings. The van der Waals surface area contributed by atoms with Crippen molar-refractivity contribution in [2.24, 2.45) is 0 Å². The van der Waals surface area contributed by atoms with Crippen molar-refractivity contribution in [2.45, 2.75) is 18.4 Å². The van der Waals surface area contributed by atoms with E-state index in [1.165, 1.54) is 7.11 Å². The molecule has 1 aliphatic rings. The number of ether oxygens (including phenoxy) is 1. The van der Waals surface area contributed by atoms with Crippen LogP contribution in [0.1, 0.15) is 12.0 Å². The number of hydrogen-bond acceptors (Lipinski definition) is 3. The maximum atomic E-state index is 11.6. The van der Waals surface area contributed by atoms with Crippen molar-refractivity contribution in [1.29, 1.82) is 0 Å². The lowest BCUT2D eigenvalue weighted by molar-refractivity contribution is -0.159. The highest BCUT2D eigenvalue weighted by Gasteiger charge is 2.50. The SMILES string of the molecule is COC(=O)C1(Cc2ccccc2)CC(=O)N1. The fourth-order valence-electron chi connectivity index (χ4n) is 1.96. The standard InChI is InChI=1S/C12H13NO3/c1-16-11(15)12(8-10(14)13-12)7-9-5-3-2-4-6-9/h2-6H,7-8H2,1H3,(H,13,14). The molecule has 0 radical (unpaired) electrons. The van der Waals surface area contributed by atoms with E-state index < -0.39 is 5.54 Å². The van der Waals surface area contributed by atoms with Gasteiger partial charge in [0.25, 0.3) is 0 Å². The number of benzene rings is 1. The van der Waals surface area contributed by atoms with Crippen LogP contribution in [0.2, 0.25) is 0 Å². The van der Waals surface area contributed by atoms with Gasteiger partial charge in [-0.3, -0.25) is 4.79 Å². The van der Waals surface area contributed by atoms with Gasteiger partial charge in [0.05, 0.1) is 13.5 Å². The Morgan fingerprint density at radius 3 is 2.56 bits per heavy atom. The summed E-state index contributed by atoms with van der Waals surface area (Å²) >= 11 is 0. The second kappa shape index (κ2) is 3.96. The first-order valence-electron chi connectivity index (χ1n) is 5.10. The molecule has 2 rings (SSSR count). The number of nitrogens with one attached hydrogen (secondary N) is 1. The topological polar surface area (TPSA) is 55.4 Å². The Hall–Kier alpha value is -1.84. The van der Waals surface area contributed by atoms with Crippen LogP contribution < -0.4 is 5.32 Å². The largest absolute Gasteiger partial charge is 0.467 e. The lowest BCUT2D eigenvalue weighted by Crippen LogP contribution is -2.67. The number of rotatable bonds is 3. The smallest absolute Gasteiger partial charge is 0.332 e. The summed E-state index contributed by atoms with van der Waals surface area (Å²) in [6.45, 7) is 0. The zero-order chi connectivity index (χ0) is 11.6. The molecule has 0 aliphatic carbocycles. The summed E-state index contributed by atoms with van der Waals surface area (Å²) in [5.74, 6) is -0.489. The summed E-state index contributed by atoms with van der Waals surface area (Å²) in [5, 5.41) is 2.64. The third-order valence-corrected chi connectivity index (χ3v) is 2.77. The zero-order valence-corrected chi connectivity index (χ0v) is 9.03. The molecule has 0 aromatic heterocycles. The van der Waals surface area contributed by atoms with Crippen molar-refractivity contribution in [3.05, 3.63) is 35.9 Å². The average Bonchev–Trinajstić information content (AvgIpc) is 2.27. The lowest BCUT2D eigenvalue weighted by Gasteiger charge is -2.39. The van der Waals surface area contributed by atoms with Gasteiger partial charge in [0.15, 0.2) is 5.54 Å². The van der Waals surface area contributed by atoms with Crippen LogP contribution in [-0.4, -0.2) is 24.5 Å². The van der Waals surface area contributed by atoms with Gasteiger partial charge in [0, 0.05) is 6.42 Å². The normalized spacial score (nSPS) is 23.2. The minimum absolute atomic E-state index is 0.110. The van der Waals surface area contributed by atoms with Gasteiger partial charge < -0.3 is 10.1 Å². The Morgan fingerprint density at radius 2 is 2.06 bits per heavy atom. The Balaban J connectivity index is 2.16. The molecule has 1 unspecified atom stereocenters. The van der Waals surface area contributed by atoms with Crippen molar-refractivity contribution < 1.29 is 14.3 Å². The Labute approximate surface area is 93.6 Å². The first-order valence-corrected chi connectivity index (χ1v) is 5.10. The van der Waals surface area contributed by atoms with Crippen LogP contribution >= 0.6 is 0 Å². The van der Waals surface area contributed by atoms with Gasteiger partial charge in [-0.05, 0) is 5.56 Å². The molecule has 1 N–H and O–H groups in total. The second-order valence-electron chi connectivity index (χ2n) is 3.96. The minimum atomic E-state index is -0.854. The summed E-state index contributed by atoms with van der Waals surface area (Å²) in [4.78, 5) is 22.6. The summed E-state index contributed by atoms with van der Waals surface area (Å²) in [5.41, 5.74) is 0.153. The molecule has 1 atom stereocenters. The Bertz CT molecular complexity index is 406. The predicted molar refractivity (Wildman–Crippen MR) is 57.7 cm³/mol. The molecule has 1 heterocycles. The second-order valence-corrected chi connectivity index (χ2v) is 3.96. The van der Waals surface area contributed by atoms with E-state index in [0.717, 1.165) is 5.56 Å². The number of esters is 1. The van der Waals surface area contributed by atoms with Crippen molar-refractivity contribution >= 4 is 11.9 Å². The number of amides is 1. The maximum absolute atomic E-state index is 11.6. The van der Waals surface area contributed by atoms with Gasteiger partial charge in [-0.2, -0.15) is 0 Å². The Morgan fingerprint density at radius 1 is 1.44 bits per heavy atom. The number of hydrogen-bond donors (Lipinski definition) is 1. The van der Waals surface area contributed by atoms with Gasteiger partial charge >= 0.3 is 5.97 Å². The van der Waals surface area contributed by atoms with E-state index in [9.17, 15) is 9.59 Å². The highest BCUT2D eigenvalue weighted by atomic mass is 16.5. The van der Waals surface area contributed by atoms with E-state index in [4.69, 9.17) is 4.74 Å². The van der Waals surface area contributed by atoms with E-state index in [-0.39, 0.29) is 18.3 Å². The van der Waals surface area contributed by atoms with Gasteiger partial charge in [-0.15, -0.1) is 0 Å². The fourth-order valence-corrected chi connectivity index (χ4v) is 1.96. The van der Waals surface area contributed by atoms with Crippen LogP contribution in [-0.2, 0) is 20.7 Å². The molecular formula is C12H13NO3. The maximum Gasteiger partial charge on any atom is 0.332 e. The van der Waals surface area contributed by atoms with Crippen LogP contribution in [0.4, 0.5) is 0 Å². The Kier molecular flexibility index (Phi) is 2.64. The average molecular weight is 219 g/mol. The van der Waals surface area contributed by atoms with Crippen LogP contribution in [0.25, 0.3) is 0 Å². The van der Waals surface area contributed by atoms with Gasteiger partial charge in [-0.25, -0.2) is 4.79 Å². The highest BCUT2D eigenvalue weighted by molar-refractivity contribution is 5.99. The molecule has 4 nitrogen and oxygen atoms in total. The monoisotopic (exact) mass is 219 g/mol. The van der Waals surface area contributed by atoms with Gasteiger partial charge in [0.2, 0.25) is 5.91 Å². The lowest BCUT2D eigenvalue weighted by atomic mass is 9.81. The molecule has 0 spiro atoms. The number of β-lactam (4-membered cyclic amide) rings is 1. The van der Waals surface area contributed by atoms with Crippen molar-refractivity contribution in [1.82, 2.24) is 5.32 Å². The summed E-state index contributed by atoms with van der Waals surface area (Å²) in [6, 6.07) is 9.57. The van der Waals surface area contributed by atoms with Gasteiger partial charge in [-0.1, -0.05) is 30.3 Å². The first kappa shape index (κ1) is 10.7. The van der Waals surface area contributed by atoms with Crippen LogP contribution in [0.15, 0.2) is 30.3 Å². The number of carbonyl (C=O) groups is 2. The van der Waals surface area contributed by atoms with Crippen LogP contribution in [0.5, 0.6) is 0 Å². The van der Waals surface area contributed by atoms with Crippen molar-refractivity contribution in [3.8, 4) is 0 Å². The predicted octanol–water partition coefficient (Wildman–Crippen LogP) is 0.661. The van der Waals surface area contributed by atoms with E-state index in [2.05, 4.69) is 5.32 Å². The molecule has 1 aromatic carbocycles. The quantitative estimate of drug-likeness (QED) is 0.600.